The summed E-state index contributed by atoms with van der Waals surface area (Å²) in [5.74, 6) is 2.06. The summed E-state index contributed by atoms with van der Waals surface area (Å²) in [4.78, 5) is 11.3. The van der Waals surface area contributed by atoms with E-state index in [0.717, 1.165) is 31.1 Å². The maximum Gasteiger partial charge on any atom is 0.243 e. The highest BCUT2D eigenvalue weighted by Crippen LogP contribution is 2.49. The molecule has 3 aliphatic carbocycles. The number of rotatable bonds is 2. The van der Waals surface area contributed by atoms with Gasteiger partial charge >= 0.3 is 0 Å². The van der Waals surface area contributed by atoms with Crippen molar-refractivity contribution >= 4 is 11.6 Å². The summed E-state index contributed by atoms with van der Waals surface area (Å²) < 4.78 is 0. The Hall–Kier alpha value is -0.860. The first kappa shape index (κ1) is 7.54. The molecule has 1 N–H and O–H groups in total. The number of nitrogens with zero attached hydrogens (tertiary/aromatic N) is 1. The van der Waals surface area contributed by atoms with Gasteiger partial charge in [0.25, 0.3) is 0 Å². The van der Waals surface area contributed by atoms with Gasteiger partial charge in [-0.05, 0) is 38.0 Å². The first-order valence-electron chi connectivity index (χ1n) is 5.21. The van der Waals surface area contributed by atoms with Gasteiger partial charge in [0.05, 0.1) is 0 Å². The second-order valence-electron chi connectivity index (χ2n) is 4.49. The fourth-order valence-corrected chi connectivity index (χ4v) is 2.20. The van der Waals surface area contributed by atoms with Gasteiger partial charge in [-0.2, -0.15) is 5.10 Å². The average Bonchev–Trinajstić information content (AvgIpc) is 3.00. The molecule has 0 heterocycles. The quantitative estimate of drug-likeness (QED) is 0.636. The average molecular weight is 178 g/mol. The minimum Gasteiger partial charge on any atom is -0.273 e. The molecule has 0 aliphatic heterocycles. The first-order valence-corrected chi connectivity index (χ1v) is 5.21. The van der Waals surface area contributed by atoms with E-state index in [4.69, 9.17) is 0 Å². The molecular formula is C10H14N2O. The molecule has 3 saturated carbocycles. The van der Waals surface area contributed by atoms with Crippen molar-refractivity contribution in [3.8, 4) is 0 Å². The minimum atomic E-state index is 0.136. The van der Waals surface area contributed by atoms with Crippen molar-refractivity contribution < 1.29 is 4.79 Å². The maximum absolute atomic E-state index is 11.3. The fraction of sp³-hybridized carbons (Fsp3) is 0.800. The van der Waals surface area contributed by atoms with Crippen molar-refractivity contribution in [2.75, 3.05) is 0 Å². The van der Waals surface area contributed by atoms with Crippen molar-refractivity contribution in [2.24, 2.45) is 22.9 Å². The molecule has 3 nitrogen and oxygen atoms in total. The molecule has 0 radical (unpaired) electrons. The molecular weight excluding hydrogens is 164 g/mol. The zero-order valence-electron chi connectivity index (χ0n) is 7.62. The van der Waals surface area contributed by atoms with Crippen molar-refractivity contribution in [1.82, 2.24) is 5.43 Å². The molecule has 0 unspecified atom stereocenters. The van der Waals surface area contributed by atoms with Crippen LogP contribution in [0.3, 0.4) is 0 Å². The van der Waals surface area contributed by atoms with E-state index < -0.39 is 0 Å². The Bertz CT molecular complexity index is 281. The summed E-state index contributed by atoms with van der Waals surface area (Å²) in [6, 6.07) is 0. The summed E-state index contributed by atoms with van der Waals surface area (Å²) in [5, 5.41) is 4.22. The van der Waals surface area contributed by atoms with Crippen LogP contribution in [0.15, 0.2) is 5.10 Å². The largest absolute Gasteiger partial charge is 0.273 e. The Kier molecular flexibility index (Phi) is 1.49. The van der Waals surface area contributed by atoms with Gasteiger partial charge in [-0.1, -0.05) is 0 Å². The predicted molar refractivity (Wildman–Crippen MR) is 49.1 cm³/mol. The normalized spacial score (nSPS) is 38.9. The minimum absolute atomic E-state index is 0.136. The van der Waals surface area contributed by atoms with Crippen LogP contribution in [0.4, 0.5) is 0 Å². The lowest BCUT2D eigenvalue weighted by Gasteiger charge is -1.99. The molecule has 0 aromatic heterocycles. The topological polar surface area (TPSA) is 41.5 Å². The fourth-order valence-electron chi connectivity index (χ4n) is 2.20. The second kappa shape index (κ2) is 2.56. The lowest BCUT2D eigenvalue weighted by molar-refractivity contribution is -0.122. The number of hydrazone groups is 1. The van der Waals surface area contributed by atoms with Crippen LogP contribution in [0.25, 0.3) is 0 Å². The third-order valence-electron chi connectivity index (χ3n) is 3.38. The van der Waals surface area contributed by atoms with Gasteiger partial charge in [0.15, 0.2) is 0 Å². The third-order valence-corrected chi connectivity index (χ3v) is 3.38. The molecule has 3 fully saturated rings. The lowest BCUT2D eigenvalue weighted by Crippen LogP contribution is -2.21. The van der Waals surface area contributed by atoms with Crippen molar-refractivity contribution in [3.05, 3.63) is 0 Å². The molecule has 3 heteroatoms. The highest BCUT2D eigenvalue weighted by Gasteiger charge is 2.46. The van der Waals surface area contributed by atoms with Crippen LogP contribution in [0.2, 0.25) is 0 Å². The molecule has 70 valence electrons. The monoisotopic (exact) mass is 178 g/mol. The van der Waals surface area contributed by atoms with Crippen LogP contribution in [0.5, 0.6) is 0 Å². The predicted octanol–water partition coefficient (Wildman–Crippen LogP) is 1.30. The molecule has 0 aromatic carbocycles. The SMILES string of the molecule is O=C(N/N=C1/CC[C@H]2C[C@@H]12)C1CC1. The van der Waals surface area contributed by atoms with Gasteiger partial charge in [0, 0.05) is 17.5 Å². The number of amides is 1. The number of nitrogens with one attached hydrogen (secondary N) is 1. The van der Waals surface area contributed by atoms with Crippen LogP contribution in [0, 0.1) is 17.8 Å². The van der Waals surface area contributed by atoms with Gasteiger partial charge in [0.1, 0.15) is 0 Å². The van der Waals surface area contributed by atoms with Gasteiger partial charge < -0.3 is 0 Å². The van der Waals surface area contributed by atoms with E-state index in [0.29, 0.717) is 0 Å². The van der Waals surface area contributed by atoms with E-state index in [1.165, 1.54) is 18.6 Å². The van der Waals surface area contributed by atoms with Crippen molar-refractivity contribution in [1.29, 1.82) is 0 Å². The van der Waals surface area contributed by atoms with E-state index in [1.807, 2.05) is 0 Å². The van der Waals surface area contributed by atoms with Crippen LogP contribution in [-0.2, 0) is 4.79 Å². The first-order chi connectivity index (χ1) is 6.34. The van der Waals surface area contributed by atoms with E-state index in [2.05, 4.69) is 10.5 Å². The Morgan fingerprint density at radius 2 is 2.23 bits per heavy atom. The van der Waals surface area contributed by atoms with Crippen molar-refractivity contribution in [2.45, 2.75) is 32.1 Å². The van der Waals surface area contributed by atoms with Crippen LogP contribution in [0.1, 0.15) is 32.1 Å². The molecule has 3 rings (SSSR count). The molecule has 2 atom stereocenters. The Morgan fingerprint density at radius 1 is 1.38 bits per heavy atom. The van der Waals surface area contributed by atoms with Gasteiger partial charge in [0.2, 0.25) is 5.91 Å². The van der Waals surface area contributed by atoms with Gasteiger partial charge in [-0.25, -0.2) is 5.43 Å². The number of fused-ring (bicyclic) bond motifs is 1. The number of carbonyl (C=O) groups excluding carboxylic acids is 1. The zero-order chi connectivity index (χ0) is 8.84. The Labute approximate surface area is 77.6 Å². The van der Waals surface area contributed by atoms with Crippen LogP contribution >= 0.6 is 0 Å². The van der Waals surface area contributed by atoms with Crippen LogP contribution < -0.4 is 5.43 Å². The third kappa shape index (κ3) is 1.36. The second-order valence-corrected chi connectivity index (χ2v) is 4.49. The molecule has 0 saturated heterocycles. The zero-order valence-corrected chi connectivity index (χ0v) is 7.62. The lowest BCUT2D eigenvalue weighted by atomic mass is 10.2. The summed E-state index contributed by atoms with van der Waals surface area (Å²) in [6.45, 7) is 0. The highest BCUT2D eigenvalue weighted by atomic mass is 16.2. The molecule has 3 aliphatic rings. The summed E-state index contributed by atoms with van der Waals surface area (Å²) in [5.41, 5.74) is 3.94. The Morgan fingerprint density at radius 3 is 2.77 bits per heavy atom. The standard InChI is InChI=1S/C10H14N2O/c13-10(6-1-2-6)12-11-9-4-3-7-5-8(7)9/h6-8H,1-5H2,(H,12,13)/b11-9-/t7-,8+/m0/s1. The summed E-state index contributed by atoms with van der Waals surface area (Å²) in [7, 11) is 0. The Balaban J connectivity index is 1.58. The van der Waals surface area contributed by atoms with E-state index in [1.54, 1.807) is 0 Å². The summed E-state index contributed by atoms with van der Waals surface area (Å²) >= 11 is 0. The number of hydrogen-bond donors (Lipinski definition) is 1. The highest BCUT2D eigenvalue weighted by molar-refractivity contribution is 5.93. The van der Waals surface area contributed by atoms with E-state index in [9.17, 15) is 4.79 Å². The maximum atomic E-state index is 11.3. The van der Waals surface area contributed by atoms with Crippen molar-refractivity contribution in [3.63, 3.8) is 0 Å². The van der Waals surface area contributed by atoms with E-state index in [-0.39, 0.29) is 11.8 Å². The van der Waals surface area contributed by atoms with Gasteiger partial charge in [-0.15, -0.1) is 0 Å². The smallest absolute Gasteiger partial charge is 0.243 e. The number of carbonyl (C=O) groups is 1. The molecule has 0 aromatic rings. The molecule has 13 heavy (non-hydrogen) atoms. The molecule has 1 amide bonds. The molecule has 0 spiro atoms. The number of hydrogen-bond acceptors (Lipinski definition) is 2. The molecule has 0 bridgehead atoms. The van der Waals surface area contributed by atoms with Crippen LogP contribution in [-0.4, -0.2) is 11.6 Å². The van der Waals surface area contributed by atoms with Gasteiger partial charge in [-0.3, -0.25) is 4.79 Å². The summed E-state index contributed by atoms with van der Waals surface area (Å²) in [6.07, 6.45) is 5.84. The van der Waals surface area contributed by atoms with E-state index >= 15 is 0 Å².